The van der Waals surface area contributed by atoms with Gasteiger partial charge in [0.25, 0.3) is 5.91 Å². The number of carbonyl (C=O) groups excluding carboxylic acids is 2. The van der Waals surface area contributed by atoms with E-state index in [2.05, 4.69) is 4.99 Å². The van der Waals surface area contributed by atoms with Crippen LogP contribution in [0, 0.1) is 0 Å². The van der Waals surface area contributed by atoms with Crippen LogP contribution < -0.4 is 9.54 Å². The topological polar surface area (TPSA) is 60.7 Å². The molecule has 0 atom stereocenters. The molecule has 0 aliphatic carbocycles. The zero-order valence-corrected chi connectivity index (χ0v) is 11.3. The molecule has 1 amide bonds. The summed E-state index contributed by atoms with van der Waals surface area (Å²) in [6, 6.07) is 6.30. The number of carbonyl (C=O) groups is 2. The van der Waals surface area contributed by atoms with Crippen molar-refractivity contribution >= 4 is 23.2 Å². The number of aromatic nitrogens is 1. The number of nitrogens with zero attached hydrogens (tertiary/aromatic N) is 2. The highest BCUT2D eigenvalue weighted by Gasteiger charge is 2.05. The Morgan fingerprint density at radius 2 is 1.95 bits per heavy atom. The summed E-state index contributed by atoms with van der Waals surface area (Å²) in [5.41, 5.74) is 0.448. The van der Waals surface area contributed by atoms with Crippen LogP contribution in [-0.2, 0) is 11.8 Å². The molecule has 2 aromatic rings. The number of hydrogen-bond acceptors (Lipinski definition) is 4. The second-order valence-electron chi connectivity index (χ2n) is 3.83. The standard InChI is InChI=1S/C13H12N2O3S/c1-9(16)18-11-5-3-10(4-6-11)12(17)14-13-15(2)7-8-19-13/h3-8H,1-2H3. The molecule has 0 aliphatic heterocycles. The van der Waals surface area contributed by atoms with Gasteiger partial charge in [0.1, 0.15) is 5.75 Å². The van der Waals surface area contributed by atoms with Crippen LogP contribution in [0.2, 0.25) is 0 Å². The van der Waals surface area contributed by atoms with Crippen LogP contribution in [0.5, 0.6) is 5.75 Å². The first-order valence-corrected chi connectivity index (χ1v) is 6.42. The number of rotatable bonds is 2. The van der Waals surface area contributed by atoms with Gasteiger partial charge in [0.05, 0.1) is 0 Å². The van der Waals surface area contributed by atoms with E-state index in [9.17, 15) is 9.59 Å². The van der Waals surface area contributed by atoms with Gasteiger partial charge in [-0.25, -0.2) is 0 Å². The summed E-state index contributed by atoms with van der Waals surface area (Å²) in [5.74, 6) is -0.312. The van der Waals surface area contributed by atoms with Crippen molar-refractivity contribution in [2.24, 2.45) is 12.0 Å². The van der Waals surface area contributed by atoms with Crippen molar-refractivity contribution in [1.29, 1.82) is 0 Å². The molecule has 98 valence electrons. The first-order chi connectivity index (χ1) is 9.06. The van der Waals surface area contributed by atoms with Crippen molar-refractivity contribution < 1.29 is 14.3 Å². The third-order valence-electron chi connectivity index (χ3n) is 2.32. The molecule has 0 fully saturated rings. The van der Waals surface area contributed by atoms with Crippen LogP contribution in [0.4, 0.5) is 0 Å². The summed E-state index contributed by atoms with van der Waals surface area (Å²) < 4.78 is 6.66. The van der Waals surface area contributed by atoms with Gasteiger partial charge in [-0.05, 0) is 24.3 Å². The van der Waals surface area contributed by atoms with Gasteiger partial charge in [0, 0.05) is 31.1 Å². The SMILES string of the molecule is CC(=O)Oc1ccc(C(=O)N=c2sccn2C)cc1. The first kappa shape index (κ1) is 13.2. The Balaban J connectivity index is 2.21. The maximum Gasteiger partial charge on any atom is 0.308 e. The van der Waals surface area contributed by atoms with E-state index in [1.807, 2.05) is 18.6 Å². The van der Waals surface area contributed by atoms with Gasteiger partial charge in [-0.3, -0.25) is 9.59 Å². The van der Waals surface area contributed by atoms with Crippen LogP contribution in [0.1, 0.15) is 17.3 Å². The zero-order chi connectivity index (χ0) is 13.8. The number of aryl methyl sites for hydroxylation is 1. The molecule has 0 saturated heterocycles. The van der Waals surface area contributed by atoms with E-state index in [4.69, 9.17) is 4.74 Å². The Morgan fingerprint density at radius 1 is 1.26 bits per heavy atom. The van der Waals surface area contributed by atoms with E-state index in [1.165, 1.54) is 18.3 Å². The molecule has 0 saturated carbocycles. The second-order valence-corrected chi connectivity index (χ2v) is 4.70. The monoisotopic (exact) mass is 276 g/mol. The highest BCUT2D eigenvalue weighted by Crippen LogP contribution is 2.13. The van der Waals surface area contributed by atoms with E-state index < -0.39 is 5.97 Å². The van der Waals surface area contributed by atoms with Crippen molar-refractivity contribution in [2.75, 3.05) is 0 Å². The molecule has 0 aliphatic rings. The fraction of sp³-hybridized carbons (Fsp3) is 0.154. The normalized spacial score (nSPS) is 11.4. The minimum absolute atomic E-state index is 0.326. The average molecular weight is 276 g/mol. The Hall–Kier alpha value is -2.21. The quantitative estimate of drug-likeness (QED) is 0.620. The van der Waals surface area contributed by atoms with Gasteiger partial charge in [0.2, 0.25) is 0 Å². The molecule has 5 nitrogen and oxygen atoms in total. The van der Waals surface area contributed by atoms with Gasteiger partial charge in [-0.15, -0.1) is 11.3 Å². The fourth-order valence-corrected chi connectivity index (χ4v) is 2.15. The largest absolute Gasteiger partial charge is 0.427 e. The highest BCUT2D eigenvalue weighted by atomic mass is 32.1. The fourth-order valence-electron chi connectivity index (χ4n) is 1.42. The first-order valence-electron chi connectivity index (χ1n) is 5.54. The molecule has 6 heteroatoms. The minimum atomic E-state index is -0.394. The van der Waals surface area contributed by atoms with E-state index in [-0.39, 0.29) is 5.91 Å². The van der Waals surface area contributed by atoms with Gasteiger partial charge in [-0.1, -0.05) is 0 Å². The van der Waals surface area contributed by atoms with Gasteiger partial charge in [0.15, 0.2) is 4.80 Å². The van der Waals surface area contributed by atoms with Crippen LogP contribution >= 0.6 is 11.3 Å². The molecule has 19 heavy (non-hydrogen) atoms. The maximum atomic E-state index is 11.9. The number of hydrogen-bond donors (Lipinski definition) is 0. The smallest absolute Gasteiger partial charge is 0.308 e. The molecule has 0 radical (unpaired) electrons. The van der Waals surface area contributed by atoms with Crippen molar-refractivity contribution in [3.05, 3.63) is 46.2 Å². The predicted octanol–water partition coefficient (Wildman–Crippen LogP) is 1.75. The number of esters is 1. The zero-order valence-electron chi connectivity index (χ0n) is 10.5. The summed E-state index contributed by atoms with van der Waals surface area (Å²) in [5, 5.41) is 1.86. The lowest BCUT2D eigenvalue weighted by molar-refractivity contribution is -0.131. The molecular weight excluding hydrogens is 264 g/mol. The third kappa shape index (κ3) is 3.38. The Kier molecular flexibility index (Phi) is 3.91. The summed E-state index contributed by atoms with van der Waals surface area (Å²) in [7, 11) is 1.83. The predicted molar refractivity (Wildman–Crippen MR) is 70.9 cm³/mol. The molecule has 0 N–H and O–H groups in total. The summed E-state index contributed by atoms with van der Waals surface area (Å²) in [4.78, 5) is 27.3. The second kappa shape index (κ2) is 5.62. The van der Waals surface area contributed by atoms with E-state index in [1.54, 1.807) is 28.8 Å². The molecule has 0 spiro atoms. The van der Waals surface area contributed by atoms with E-state index >= 15 is 0 Å². The average Bonchev–Trinajstić information content (AvgIpc) is 2.75. The van der Waals surface area contributed by atoms with Gasteiger partial charge >= 0.3 is 5.97 Å². The summed E-state index contributed by atoms with van der Waals surface area (Å²) in [6.07, 6.45) is 1.83. The molecule has 1 aromatic heterocycles. The number of amides is 1. The van der Waals surface area contributed by atoms with Crippen LogP contribution in [0.3, 0.4) is 0 Å². The van der Waals surface area contributed by atoms with Crippen molar-refractivity contribution in [3.63, 3.8) is 0 Å². The third-order valence-corrected chi connectivity index (χ3v) is 3.17. The van der Waals surface area contributed by atoms with Crippen LogP contribution in [-0.4, -0.2) is 16.4 Å². The lowest BCUT2D eigenvalue weighted by atomic mass is 10.2. The number of thiazole rings is 1. The van der Waals surface area contributed by atoms with Gasteiger partial charge in [-0.2, -0.15) is 4.99 Å². The lowest BCUT2D eigenvalue weighted by Gasteiger charge is -2.01. The number of ether oxygens (including phenoxy) is 1. The Bertz CT molecular complexity index is 668. The molecule has 0 bridgehead atoms. The van der Waals surface area contributed by atoms with Crippen molar-refractivity contribution in [1.82, 2.24) is 4.57 Å². The summed E-state index contributed by atoms with van der Waals surface area (Å²) >= 11 is 1.39. The summed E-state index contributed by atoms with van der Waals surface area (Å²) in [6.45, 7) is 1.32. The van der Waals surface area contributed by atoms with Crippen molar-refractivity contribution in [2.45, 2.75) is 6.92 Å². The molecular formula is C13H12N2O3S. The van der Waals surface area contributed by atoms with Gasteiger partial charge < -0.3 is 9.30 Å². The van der Waals surface area contributed by atoms with E-state index in [0.717, 1.165) is 0 Å². The molecule has 2 rings (SSSR count). The van der Waals surface area contributed by atoms with Crippen LogP contribution in [0.25, 0.3) is 0 Å². The Morgan fingerprint density at radius 3 is 2.47 bits per heavy atom. The highest BCUT2D eigenvalue weighted by molar-refractivity contribution is 7.07. The lowest BCUT2D eigenvalue weighted by Crippen LogP contribution is -2.12. The number of benzene rings is 1. The Labute approximate surface area is 113 Å². The van der Waals surface area contributed by atoms with Crippen molar-refractivity contribution in [3.8, 4) is 5.75 Å². The van der Waals surface area contributed by atoms with E-state index in [0.29, 0.717) is 16.1 Å². The molecule has 0 unspecified atom stereocenters. The minimum Gasteiger partial charge on any atom is -0.427 e. The maximum absolute atomic E-state index is 11.9. The molecule has 1 aromatic carbocycles. The van der Waals surface area contributed by atoms with Crippen LogP contribution in [0.15, 0.2) is 40.8 Å². The molecule has 1 heterocycles.